The highest BCUT2D eigenvalue weighted by molar-refractivity contribution is 5.69. The highest BCUT2D eigenvalue weighted by Crippen LogP contribution is 2.48. The molecule has 1 saturated heterocycles. The zero-order valence-corrected chi connectivity index (χ0v) is 13.5. The fourth-order valence-electron chi connectivity index (χ4n) is 3.72. The molecule has 1 aromatic rings. The molecule has 6 heteroatoms. The molecule has 1 aromatic carbocycles. The van der Waals surface area contributed by atoms with Crippen molar-refractivity contribution in [3.63, 3.8) is 0 Å². The van der Waals surface area contributed by atoms with E-state index in [0.717, 1.165) is 24.8 Å². The zero-order chi connectivity index (χ0) is 16.3. The van der Waals surface area contributed by atoms with Crippen LogP contribution >= 0.6 is 0 Å². The molecule has 0 radical (unpaired) electrons. The Morgan fingerprint density at radius 2 is 2.04 bits per heavy atom. The van der Waals surface area contributed by atoms with E-state index in [1.807, 2.05) is 30.3 Å². The first-order chi connectivity index (χ1) is 11.2. The summed E-state index contributed by atoms with van der Waals surface area (Å²) < 4.78 is 22.4. The first-order valence-electron chi connectivity index (χ1n) is 7.86. The van der Waals surface area contributed by atoms with E-state index in [0.29, 0.717) is 6.61 Å². The third-order valence-electron chi connectivity index (χ3n) is 4.94. The van der Waals surface area contributed by atoms with Crippen LogP contribution in [0.15, 0.2) is 30.3 Å². The van der Waals surface area contributed by atoms with E-state index in [9.17, 15) is 4.79 Å². The smallest absolute Gasteiger partial charge is 0.408 e. The Morgan fingerprint density at radius 1 is 1.30 bits per heavy atom. The highest BCUT2D eigenvalue weighted by atomic mass is 16.7. The summed E-state index contributed by atoms with van der Waals surface area (Å²) in [5, 5.41) is 2.98. The molecular formula is C17H23NO5. The predicted octanol–water partition coefficient (Wildman–Crippen LogP) is 2.22. The van der Waals surface area contributed by atoms with E-state index < -0.39 is 17.4 Å². The van der Waals surface area contributed by atoms with Crippen molar-refractivity contribution in [2.45, 2.75) is 43.3 Å². The second-order valence-electron chi connectivity index (χ2n) is 6.01. The molecule has 1 heterocycles. The number of fused-ring (bicyclic) bond motifs is 1. The van der Waals surface area contributed by atoms with E-state index in [-0.39, 0.29) is 12.7 Å². The number of nitrogens with one attached hydrogen (secondary N) is 1. The summed E-state index contributed by atoms with van der Waals surface area (Å²) in [4.78, 5) is 12.3. The number of carbonyl (C=O) groups is 1. The molecule has 3 rings (SSSR count). The van der Waals surface area contributed by atoms with Crippen molar-refractivity contribution in [2.24, 2.45) is 0 Å². The fraction of sp³-hybridized carbons (Fsp3) is 0.588. The SMILES string of the molecule is COC1(OC)CO[C@@H]2CCC[C@@]21NC(=O)OCc1ccccc1. The molecule has 23 heavy (non-hydrogen) atoms. The Bertz CT molecular complexity index is 545. The molecule has 6 nitrogen and oxygen atoms in total. The maximum absolute atomic E-state index is 12.3. The van der Waals surface area contributed by atoms with Gasteiger partial charge in [-0.15, -0.1) is 0 Å². The lowest BCUT2D eigenvalue weighted by Gasteiger charge is -2.41. The number of ether oxygens (including phenoxy) is 4. The number of hydrogen-bond donors (Lipinski definition) is 1. The number of hydrogen-bond acceptors (Lipinski definition) is 5. The molecule has 1 aliphatic heterocycles. The van der Waals surface area contributed by atoms with Crippen molar-refractivity contribution < 1.29 is 23.7 Å². The van der Waals surface area contributed by atoms with E-state index in [4.69, 9.17) is 18.9 Å². The molecule has 0 bridgehead atoms. The summed E-state index contributed by atoms with van der Waals surface area (Å²) in [6.07, 6.45) is 1.95. The van der Waals surface area contributed by atoms with Gasteiger partial charge >= 0.3 is 6.09 Å². The molecule has 126 valence electrons. The number of rotatable bonds is 5. The van der Waals surface area contributed by atoms with Crippen molar-refractivity contribution in [3.8, 4) is 0 Å². The van der Waals surface area contributed by atoms with Gasteiger partial charge in [-0.3, -0.25) is 0 Å². The molecular weight excluding hydrogens is 298 g/mol. The van der Waals surface area contributed by atoms with E-state index >= 15 is 0 Å². The van der Waals surface area contributed by atoms with Crippen molar-refractivity contribution in [1.82, 2.24) is 5.32 Å². The molecule has 1 saturated carbocycles. The van der Waals surface area contributed by atoms with Gasteiger partial charge in [0.05, 0.1) is 6.10 Å². The zero-order valence-electron chi connectivity index (χ0n) is 13.5. The first kappa shape index (κ1) is 16.2. The maximum Gasteiger partial charge on any atom is 0.408 e. The van der Waals surface area contributed by atoms with Crippen LogP contribution in [0.4, 0.5) is 4.79 Å². The van der Waals surface area contributed by atoms with Gasteiger partial charge in [0.1, 0.15) is 18.8 Å². The summed E-state index contributed by atoms with van der Waals surface area (Å²) >= 11 is 0. The molecule has 1 amide bonds. The van der Waals surface area contributed by atoms with Gasteiger partial charge in [0.2, 0.25) is 5.79 Å². The molecule has 0 aromatic heterocycles. The quantitative estimate of drug-likeness (QED) is 0.843. The van der Waals surface area contributed by atoms with Crippen LogP contribution in [-0.4, -0.2) is 44.3 Å². The summed E-state index contributed by atoms with van der Waals surface area (Å²) in [7, 11) is 3.15. The van der Waals surface area contributed by atoms with Crippen molar-refractivity contribution >= 4 is 6.09 Å². The van der Waals surface area contributed by atoms with Crippen LogP contribution in [-0.2, 0) is 25.6 Å². The molecule has 2 aliphatic rings. The van der Waals surface area contributed by atoms with Gasteiger partial charge in [0.25, 0.3) is 0 Å². The van der Waals surface area contributed by atoms with Gasteiger partial charge in [-0.05, 0) is 24.8 Å². The number of amides is 1. The molecule has 1 aliphatic carbocycles. The average Bonchev–Trinajstić information content (AvgIpc) is 3.11. The van der Waals surface area contributed by atoms with Crippen molar-refractivity contribution in [1.29, 1.82) is 0 Å². The largest absolute Gasteiger partial charge is 0.445 e. The Labute approximate surface area is 136 Å². The van der Waals surface area contributed by atoms with Crippen molar-refractivity contribution in [2.75, 3.05) is 20.8 Å². The van der Waals surface area contributed by atoms with E-state index in [2.05, 4.69) is 5.32 Å². The minimum Gasteiger partial charge on any atom is -0.445 e. The second kappa shape index (κ2) is 6.47. The summed E-state index contributed by atoms with van der Waals surface area (Å²) in [5.41, 5.74) is 0.236. The highest BCUT2D eigenvalue weighted by Gasteiger charge is 2.66. The lowest BCUT2D eigenvalue weighted by molar-refractivity contribution is -0.236. The van der Waals surface area contributed by atoms with Crippen LogP contribution in [0.2, 0.25) is 0 Å². The average molecular weight is 321 g/mol. The van der Waals surface area contributed by atoms with Crippen LogP contribution in [0.5, 0.6) is 0 Å². The van der Waals surface area contributed by atoms with Crippen molar-refractivity contribution in [3.05, 3.63) is 35.9 Å². The summed E-state index contributed by atoms with van der Waals surface area (Å²) in [5.74, 6) is -0.972. The third-order valence-corrected chi connectivity index (χ3v) is 4.94. The Hall–Kier alpha value is -1.63. The predicted molar refractivity (Wildman–Crippen MR) is 82.8 cm³/mol. The standard InChI is InChI=1S/C17H23NO5/c1-20-17(21-2)12-23-14-9-6-10-16(14,17)18-15(19)22-11-13-7-4-3-5-8-13/h3-5,7-8,14H,6,9-12H2,1-2H3,(H,18,19)/t14-,16-/m1/s1. The first-order valence-corrected chi connectivity index (χ1v) is 7.86. The van der Waals surface area contributed by atoms with Gasteiger partial charge < -0.3 is 24.3 Å². The molecule has 2 atom stereocenters. The minimum atomic E-state index is -0.972. The number of alkyl carbamates (subject to hydrolysis) is 1. The van der Waals surface area contributed by atoms with Crippen LogP contribution in [0, 0.1) is 0 Å². The second-order valence-corrected chi connectivity index (χ2v) is 6.01. The van der Waals surface area contributed by atoms with Gasteiger partial charge in [0, 0.05) is 14.2 Å². The maximum atomic E-state index is 12.3. The lowest BCUT2D eigenvalue weighted by Crippen LogP contribution is -2.66. The monoisotopic (exact) mass is 321 g/mol. The number of carbonyl (C=O) groups excluding carboxylic acids is 1. The van der Waals surface area contributed by atoms with Gasteiger partial charge in [-0.25, -0.2) is 4.79 Å². The van der Waals surface area contributed by atoms with Crippen LogP contribution in [0.3, 0.4) is 0 Å². The normalized spacial score (nSPS) is 28.3. The molecule has 1 N–H and O–H groups in total. The van der Waals surface area contributed by atoms with Gasteiger partial charge in [-0.1, -0.05) is 30.3 Å². The lowest BCUT2D eigenvalue weighted by atomic mass is 9.87. The Balaban J connectivity index is 1.70. The van der Waals surface area contributed by atoms with Gasteiger partial charge in [0.15, 0.2) is 0 Å². The van der Waals surface area contributed by atoms with Crippen LogP contribution < -0.4 is 5.32 Å². The summed E-state index contributed by atoms with van der Waals surface area (Å²) in [6.45, 7) is 0.519. The molecule has 0 spiro atoms. The minimum absolute atomic E-state index is 0.119. The Kier molecular flexibility index (Phi) is 4.57. The van der Waals surface area contributed by atoms with Crippen LogP contribution in [0.25, 0.3) is 0 Å². The Morgan fingerprint density at radius 3 is 2.74 bits per heavy atom. The van der Waals surface area contributed by atoms with E-state index in [1.54, 1.807) is 14.2 Å². The van der Waals surface area contributed by atoms with Gasteiger partial charge in [-0.2, -0.15) is 0 Å². The number of methoxy groups -OCH3 is 2. The number of benzene rings is 1. The fourth-order valence-corrected chi connectivity index (χ4v) is 3.72. The topological polar surface area (TPSA) is 66.0 Å². The van der Waals surface area contributed by atoms with E-state index in [1.165, 1.54) is 0 Å². The summed E-state index contributed by atoms with van der Waals surface area (Å²) in [6, 6.07) is 9.57. The molecule has 0 unspecified atom stereocenters. The molecule has 2 fully saturated rings. The van der Waals surface area contributed by atoms with Crippen LogP contribution in [0.1, 0.15) is 24.8 Å². The third kappa shape index (κ3) is 2.71.